The van der Waals surface area contributed by atoms with Gasteiger partial charge in [-0.25, -0.2) is 14.8 Å². The van der Waals surface area contributed by atoms with Crippen molar-refractivity contribution >= 4 is 38.4 Å². The van der Waals surface area contributed by atoms with Gasteiger partial charge < -0.3 is 4.74 Å². The van der Waals surface area contributed by atoms with Crippen LogP contribution in [0.5, 0.6) is 11.5 Å². The number of ether oxygens (including phenoxy) is 1. The lowest BCUT2D eigenvalue weighted by Gasteiger charge is -2.20. The number of nitrogens with zero attached hydrogens (tertiary/aromatic N) is 5. The first-order valence-corrected chi connectivity index (χ1v) is 12.9. The molecule has 0 spiro atoms. The summed E-state index contributed by atoms with van der Waals surface area (Å²) in [6.45, 7) is 6.63. The molecule has 3 aromatic carbocycles. The van der Waals surface area contributed by atoms with E-state index in [2.05, 4.69) is 78.9 Å². The maximum Gasteiger partial charge on any atom is 0.334 e. The van der Waals surface area contributed by atoms with Crippen molar-refractivity contribution in [2.75, 3.05) is 0 Å². The maximum absolute atomic E-state index is 12.6. The lowest BCUT2D eigenvalue weighted by Crippen LogP contribution is -2.24. The van der Waals surface area contributed by atoms with E-state index in [1.54, 1.807) is 28.4 Å². The zero-order chi connectivity index (χ0) is 26.9. The molecule has 0 unspecified atom stereocenters. The standard InChI is InChI=1S/C32H27N5O2/c1-32(2,3)20-13-14-33-29(17-20)37-27-8-6-5-7-23(27)24-11-9-22(19-28(24)37)39-21-10-12-26-25(18-21)30-34-15-16-36(30)31(38)35(26)4/h5-19H,1-4H3. The molecule has 7 heteroatoms. The smallest absolute Gasteiger partial charge is 0.334 e. The van der Waals surface area contributed by atoms with Crippen LogP contribution >= 0.6 is 0 Å². The Morgan fingerprint density at radius 1 is 0.744 bits per heavy atom. The van der Waals surface area contributed by atoms with Gasteiger partial charge in [-0.3, -0.25) is 13.5 Å². The topological polar surface area (TPSA) is 66.3 Å². The minimum atomic E-state index is -0.133. The molecule has 192 valence electrons. The van der Waals surface area contributed by atoms with Crippen molar-refractivity contribution in [2.24, 2.45) is 7.05 Å². The lowest BCUT2D eigenvalue weighted by atomic mass is 9.88. The van der Waals surface area contributed by atoms with Crippen LogP contribution in [0.25, 0.3) is 44.2 Å². The van der Waals surface area contributed by atoms with Crippen LogP contribution in [0.1, 0.15) is 26.3 Å². The Balaban J connectivity index is 1.39. The summed E-state index contributed by atoms with van der Waals surface area (Å²) >= 11 is 0. The molecule has 0 saturated carbocycles. The summed E-state index contributed by atoms with van der Waals surface area (Å²) < 4.78 is 11.8. The van der Waals surface area contributed by atoms with Crippen molar-refractivity contribution in [3.63, 3.8) is 0 Å². The van der Waals surface area contributed by atoms with E-state index in [4.69, 9.17) is 9.72 Å². The second kappa shape index (κ2) is 8.30. The SMILES string of the molecule is Cn1c(=O)n2ccnc2c2cc(Oc3ccc4c5ccccc5n(-c5cc(C(C)(C)C)ccn5)c4c3)ccc21. The molecule has 4 heterocycles. The molecule has 0 aliphatic carbocycles. The molecule has 0 atom stereocenters. The van der Waals surface area contributed by atoms with E-state index < -0.39 is 0 Å². The molecule has 0 amide bonds. The van der Waals surface area contributed by atoms with E-state index in [9.17, 15) is 4.79 Å². The third-order valence-electron chi connectivity index (χ3n) is 7.43. The van der Waals surface area contributed by atoms with Gasteiger partial charge in [0.25, 0.3) is 0 Å². The summed E-state index contributed by atoms with van der Waals surface area (Å²) in [6, 6.07) is 24.5. The molecule has 7 nitrogen and oxygen atoms in total. The van der Waals surface area contributed by atoms with Crippen molar-refractivity contribution in [3.8, 4) is 17.3 Å². The van der Waals surface area contributed by atoms with Crippen LogP contribution < -0.4 is 10.4 Å². The maximum atomic E-state index is 12.6. The molecular formula is C32H27N5O2. The first-order chi connectivity index (χ1) is 18.8. The molecule has 7 aromatic rings. The van der Waals surface area contributed by atoms with Crippen LogP contribution in [-0.2, 0) is 12.5 Å². The van der Waals surface area contributed by atoms with Gasteiger partial charge in [-0.05, 0) is 59.5 Å². The van der Waals surface area contributed by atoms with Gasteiger partial charge in [0.15, 0.2) is 0 Å². The number of hydrogen-bond acceptors (Lipinski definition) is 4. The predicted octanol–water partition coefficient (Wildman–Crippen LogP) is 6.77. The van der Waals surface area contributed by atoms with Crippen LogP contribution in [0.4, 0.5) is 0 Å². The van der Waals surface area contributed by atoms with Gasteiger partial charge in [0.2, 0.25) is 0 Å². The van der Waals surface area contributed by atoms with Crippen LogP contribution in [0.3, 0.4) is 0 Å². The molecule has 0 saturated heterocycles. The zero-order valence-corrected chi connectivity index (χ0v) is 22.2. The second-order valence-corrected chi connectivity index (χ2v) is 10.9. The average molecular weight is 514 g/mol. The fourth-order valence-corrected chi connectivity index (χ4v) is 5.38. The molecule has 0 fully saturated rings. The quantitative estimate of drug-likeness (QED) is 0.262. The summed E-state index contributed by atoms with van der Waals surface area (Å²) in [6.07, 6.45) is 5.20. The largest absolute Gasteiger partial charge is 0.457 e. The zero-order valence-electron chi connectivity index (χ0n) is 22.2. The van der Waals surface area contributed by atoms with E-state index in [0.29, 0.717) is 17.1 Å². The highest BCUT2D eigenvalue weighted by Gasteiger charge is 2.18. The van der Waals surface area contributed by atoms with Crippen molar-refractivity contribution in [2.45, 2.75) is 26.2 Å². The number of pyridine rings is 1. The minimum Gasteiger partial charge on any atom is -0.457 e. The number of aryl methyl sites for hydroxylation is 1. The summed E-state index contributed by atoms with van der Waals surface area (Å²) in [7, 11) is 1.76. The van der Waals surface area contributed by atoms with Gasteiger partial charge >= 0.3 is 5.69 Å². The van der Waals surface area contributed by atoms with Crippen molar-refractivity contribution in [1.29, 1.82) is 0 Å². The van der Waals surface area contributed by atoms with Gasteiger partial charge in [-0.1, -0.05) is 39.0 Å². The molecule has 0 radical (unpaired) electrons. The molecular weight excluding hydrogens is 486 g/mol. The summed E-state index contributed by atoms with van der Waals surface area (Å²) in [5.74, 6) is 2.25. The number of imidazole rings is 1. The van der Waals surface area contributed by atoms with Crippen molar-refractivity contribution in [3.05, 3.63) is 107 Å². The molecule has 0 aliphatic rings. The summed E-state index contributed by atoms with van der Waals surface area (Å²) in [5.41, 5.74) is 4.62. The Hall–Kier alpha value is -4.91. The fraction of sp³-hybridized carbons (Fsp3) is 0.156. The van der Waals surface area contributed by atoms with E-state index in [1.807, 2.05) is 30.5 Å². The number of para-hydroxylation sites is 1. The van der Waals surface area contributed by atoms with Gasteiger partial charge in [0, 0.05) is 47.9 Å². The van der Waals surface area contributed by atoms with Crippen LogP contribution in [0.2, 0.25) is 0 Å². The average Bonchev–Trinajstić information content (AvgIpc) is 3.55. The molecule has 0 bridgehead atoms. The van der Waals surface area contributed by atoms with E-state index >= 15 is 0 Å². The number of hydrogen-bond donors (Lipinski definition) is 0. The number of fused-ring (bicyclic) bond motifs is 6. The molecule has 0 aliphatic heterocycles. The predicted molar refractivity (Wildman–Crippen MR) is 155 cm³/mol. The molecule has 39 heavy (non-hydrogen) atoms. The van der Waals surface area contributed by atoms with Gasteiger partial charge in [0.05, 0.1) is 16.6 Å². The van der Waals surface area contributed by atoms with E-state index in [0.717, 1.165) is 38.5 Å². The first-order valence-electron chi connectivity index (χ1n) is 12.9. The van der Waals surface area contributed by atoms with Gasteiger partial charge in [0.1, 0.15) is 23.0 Å². The number of aromatic nitrogens is 5. The van der Waals surface area contributed by atoms with Crippen LogP contribution in [0, 0.1) is 0 Å². The number of rotatable bonds is 3. The van der Waals surface area contributed by atoms with Crippen molar-refractivity contribution < 1.29 is 4.74 Å². The third-order valence-corrected chi connectivity index (χ3v) is 7.43. The van der Waals surface area contributed by atoms with E-state index in [-0.39, 0.29) is 11.1 Å². The Morgan fingerprint density at radius 3 is 2.36 bits per heavy atom. The summed E-state index contributed by atoms with van der Waals surface area (Å²) in [5, 5.41) is 3.14. The number of benzene rings is 3. The highest BCUT2D eigenvalue weighted by atomic mass is 16.5. The Bertz CT molecular complexity index is 2130. The van der Waals surface area contributed by atoms with Crippen LogP contribution in [-0.4, -0.2) is 23.5 Å². The Kier molecular flexibility index (Phi) is 4.94. The normalized spacial score (nSPS) is 12.2. The fourth-order valence-electron chi connectivity index (χ4n) is 5.38. The van der Waals surface area contributed by atoms with Crippen LogP contribution in [0.15, 0.2) is 96.2 Å². The highest BCUT2D eigenvalue weighted by Crippen LogP contribution is 2.36. The third kappa shape index (κ3) is 3.61. The second-order valence-electron chi connectivity index (χ2n) is 10.9. The first kappa shape index (κ1) is 23.2. The Labute approximate surface area is 224 Å². The lowest BCUT2D eigenvalue weighted by molar-refractivity contribution is 0.484. The molecule has 7 rings (SSSR count). The Morgan fingerprint density at radius 2 is 1.51 bits per heavy atom. The molecule has 0 N–H and O–H groups in total. The minimum absolute atomic E-state index is 0.00453. The highest BCUT2D eigenvalue weighted by molar-refractivity contribution is 6.09. The van der Waals surface area contributed by atoms with Gasteiger partial charge in [-0.15, -0.1) is 0 Å². The van der Waals surface area contributed by atoms with E-state index in [1.165, 1.54) is 5.56 Å². The van der Waals surface area contributed by atoms with Gasteiger partial charge in [-0.2, -0.15) is 0 Å². The monoisotopic (exact) mass is 513 g/mol. The summed E-state index contributed by atoms with van der Waals surface area (Å²) in [4.78, 5) is 21.8. The molecule has 4 aromatic heterocycles. The van der Waals surface area contributed by atoms with Crippen molar-refractivity contribution in [1.82, 2.24) is 23.5 Å².